The van der Waals surface area contributed by atoms with Crippen molar-refractivity contribution < 1.29 is 22.4 Å². The third-order valence-electron chi connectivity index (χ3n) is 2.70. The molecule has 0 radical (unpaired) electrons. The summed E-state index contributed by atoms with van der Waals surface area (Å²) in [6, 6.07) is 2.33. The molecule has 0 aliphatic heterocycles. The number of Topliss-reactive ketones (excluding diaryl/α,β-unsaturated/α-hetero) is 1. The number of carbonyl (C=O) groups excluding carboxylic acids is 1. The molecule has 0 atom stereocenters. The minimum Gasteiger partial charge on any atom is -0.330 e. The second-order valence-electron chi connectivity index (χ2n) is 4.21. The van der Waals surface area contributed by atoms with Crippen molar-refractivity contribution in [3.63, 3.8) is 0 Å². The summed E-state index contributed by atoms with van der Waals surface area (Å²) in [6.07, 6.45) is -2.57. The Morgan fingerprint density at radius 3 is 2.42 bits per heavy atom. The van der Waals surface area contributed by atoms with E-state index in [0.29, 0.717) is 25.1 Å². The van der Waals surface area contributed by atoms with Crippen LogP contribution >= 0.6 is 0 Å². The number of carbonyl (C=O) groups is 1. The van der Waals surface area contributed by atoms with Crippen molar-refractivity contribution in [3.8, 4) is 0 Å². The minimum absolute atomic E-state index is 0.110. The Bertz CT molecular complexity index is 443. The third kappa shape index (κ3) is 4.63. The number of hydrogen-bond acceptors (Lipinski definition) is 2. The predicted molar refractivity (Wildman–Crippen MR) is 63.3 cm³/mol. The number of ketones is 1. The lowest BCUT2D eigenvalue weighted by molar-refractivity contribution is -0.140. The van der Waals surface area contributed by atoms with Crippen LogP contribution in [-0.2, 0) is 6.18 Å². The summed E-state index contributed by atoms with van der Waals surface area (Å²) in [5, 5.41) is 0. The summed E-state index contributed by atoms with van der Waals surface area (Å²) in [7, 11) is 0. The molecule has 0 saturated heterocycles. The summed E-state index contributed by atoms with van der Waals surface area (Å²) in [4.78, 5) is 11.7. The van der Waals surface area contributed by atoms with Gasteiger partial charge in [0.25, 0.3) is 0 Å². The van der Waals surface area contributed by atoms with E-state index in [2.05, 4.69) is 0 Å². The Morgan fingerprint density at radius 1 is 1.16 bits per heavy atom. The second kappa shape index (κ2) is 6.65. The lowest BCUT2D eigenvalue weighted by atomic mass is 10.0. The Labute approximate surface area is 108 Å². The van der Waals surface area contributed by atoms with Crippen LogP contribution in [0.3, 0.4) is 0 Å². The highest BCUT2D eigenvalue weighted by atomic mass is 19.4. The SMILES string of the molecule is NCCCCCC(=O)c1ccc(F)c(C(F)(F)F)c1. The lowest BCUT2D eigenvalue weighted by Crippen LogP contribution is -2.10. The molecule has 0 amide bonds. The Hall–Kier alpha value is -1.43. The van der Waals surface area contributed by atoms with Crippen LogP contribution in [0.5, 0.6) is 0 Å². The Morgan fingerprint density at radius 2 is 1.84 bits per heavy atom. The van der Waals surface area contributed by atoms with Gasteiger partial charge in [-0.1, -0.05) is 6.42 Å². The number of benzene rings is 1. The molecule has 0 aromatic heterocycles. The van der Waals surface area contributed by atoms with E-state index >= 15 is 0 Å². The molecular weight excluding hydrogens is 262 g/mol. The molecule has 0 bridgehead atoms. The average molecular weight is 277 g/mol. The van der Waals surface area contributed by atoms with Crippen molar-refractivity contribution in [3.05, 3.63) is 35.1 Å². The van der Waals surface area contributed by atoms with E-state index in [9.17, 15) is 22.4 Å². The molecule has 1 rings (SSSR count). The molecule has 0 unspecified atom stereocenters. The standard InChI is InChI=1S/C13H15F4NO/c14-11-6-5-9(8-10(11)13(15,16)17)12(19)4-2-1-3-7-18/h5-6,8H,1-4,7,18H2. The number of rotatable bonds is 6. The van der Waals surface area contributed by atoms with Crippen LogP contribution < -0.4 is 5.73 Å². The Balaban J connectivity index is 2.76. The molecule has 1 aromatic carbocycles. The monoisotopic (exact) mass is 277 g/mol. The Kier molecular flexibility index (Phi) is 5.47. The van der Waals surface area contributed by atoms with Crippen LogP contribution in [0.25, 0.3) is 0 Å². The van der Waals surface area contributed by atoms with Crippen molar-refractivity contribution in [2.45, 2.75) is 31.9 Å². The number of alkyl halides is 3. The molecule has 0 spiro atoms. The van der Waals surface area contributed by atoms with Crippen molar-refractivity contribution in [1.29, 1.82) is 0 Å². The molecule has 2 nitrogen and oxygen atoms in total. The fraction of sp³-hybridized carbons (Fsp3) is 0.462. The highest BCUT2D eigenvalue weighted by molar-refractivity contribution is 5.96. The van der Waals surface area contributed by atoms with Crippen LogP contribution in [0.2, 0.25) is 0 Å². The molecule has 0 saturated carbocycles. The fourth-order valence-corrected chi connectivity index (χ4v) is 1.67. The van der Waals surface area contributed by atoms with Gasteiger partial charge in [0.15, 0.2) is 5.78 Å². The van der Waals surface area contributed by atoms with E-state index in [4.69, 9.17) is 5.73 Å². The van der Waals surface area contributed by atoms with Gasteiger partial charge in [-0.15, -0.1) is 0 Å². The van der Waals surface area contributed by atoms with Gasteiger partial charge in [-0.25, -0.2) is 4.39 Å². The number of unbranched alkanes of at least 4 members (excludes halogenated alkanes) is 2. The van der Waals surface area contributed by atoms with Crippen LogP contribution in [0, 0.1) is 5.82 Å². The van der Waals surface area contributed by atoms with E-state index in [0.717, 1.165) is 18.9 Å². The lowest BCUT2D eigenvalue weighted by Gasteiger charge is -2.09. The molecule has 1 aromatic rings. The maximum atomic E-state index is 13.0. The van der Waals surface area contributed by atoms with Gasteiger partial charge < -0.3 is 5.73 Å². The summed E-state index contributed by atoms with van der Waals surface area (Å²) in [5.41, 5.74) is 3.78. The first-order chi connectivity index (χ1) is 8.86. The first kappa shape index (κ1) is 15.6. The van der Waals surface area contributed by atoms with Gasteiger partial charge in [-0.05, 0) is 37.6 Å². The van der Waals surface area contributed by atoms with E-state index in [1.807, 2.05) is 0 Å². The quantitative estimate of drug-likeness (QED) is 0.491. The van der Waals surface area contributed by atoms with Gasteiger partial charge >= 0.3 is 6.18 Å². The molecule has 0 fully saturated rings. The van der Waals surface area contributed by atoms with Gasteiger partial charge in [0.05, 0.1) is 5.56 Å². The molecule has 0 aliphatic rings. The summed E-state index contributed by atoms with van der Waals surface area (Å²) < 4.78 is 50.5. The molecule has 0 aliphatic carbocycles. The minimum atomic E-state index is -4.79. The third-order valence-corrected chi connectivity index (χ3v) is 2.70. The van der Waals surface area contributed by atoms with Crippen LogP contribution in [0.15, 0.2) is 18.2 Å². The number of hydrogen-bond donors (Lipinski definition) is 1. The first-order valence-corrected chi connectivity index (χ1v) is 5.96. The van der Waals surface area contributed by atoms with E-state index in [1.54, 1.807) is 0 Å². The van der Waals surface area contributed by atoms with E-state index < -0.39 is 23.3 Å². The maximum absolute atomic E-state index is 13.0. The molecule has 0 heterocycles. The zero-order valence-corrected chi connectivity index (χ0v) is 10.3. The first-order valence-electron chi connectivity index (χ1n) is 5.96. The molecule has 19 heavy (non-hydrogen) atoms. The zero-order chi connectivity index (χ0) is 14.5. The number of halogens is 4. The largest absolute Gasteiger partial charge is 0.419 e. The molecule has 2 N–H and O–H groups in total. The van der Waals surface area contributed by atoms with Gasteiger partial charge in [0.2, 0.25) is 0 Å². The van der Waals surface area contributed by atoms with Crippen molar-refractivity contribution in [2.24, 2.45) is 5.73 Å². The highest BCUT2D eigenvalue weighted by Gasteiger charge is 2.34. The van der Waals surface area contributed by atoms with Gasteiger partial charge in [0.1, 0.15) is 5.82 Å². The van der Waals surface area contributed by atoms with Crippen molar-refractivity contribution in [1.82, 2.24) is 0 Å². The van der Waals surface area contributed by atoms with Gasteiger partial charge in [-0.2, -0.15) is 13.2 Å². The smallest absolute Gasteiger partial charge is 0.330 e. The topological polar surface area (TPSA) is 43.1 Å². The normalized spacial score (nSPS) is 11.6. The fourth-order valence-electron chi connectivity index (χ4n) is 1.67. The molecular formula is C13H15F4NO. The van der Waals surface area contributed by atoms with Crippen LogP contribution in [0.1, 0.15) is 41.6 Å². The van der Waals surface area contributed by atoms with Gasteiger partial charge in [0, 0.05) is 12.0 Å². The van der Waals surface area contributed by atoms with Crippen LogP contribution in [-0.4, -0.2) is 12.3 Å². The molecule has 6 heteroatoms. The summed E-state index contributed by atoms with van der Waals surface area (Å²) >= 11 is 0. The predicted octanol–water partition coefficient (Wildman–Crippen LogP) is 3.55. The van der Waals surface area contributed by atoms with Crippen molar-refractivity contribution in [2.75, 3.05) is 6.54 Å². The summed E-state index contributed by atoms with van der Waals surface area (Å²) in [5.74, 6) is -1.78. The highest BCUT2D eigenvalue weighted by Crippen LogP contribution is 2.32. The summed E-state index contributed by atoms with van der Waals surface area (Å²) in [6.45, 7) is 0.517. The average Bonchev–Trinajstić information content (AvgIpc) is 2.33. The van der Waals surface area contributed by atoms with Crippen LogP contribution in [0.4, 0.5) is 17.6 Å². The zero-order valence-electron chi connectivity index (χ0n) is 10.3. The second-order valence-corrected chi connectivity index (χ2v) is 4.21. The van der Waals surface area contributed by atoms with E-state index in [-0.39, 0.29) is 12.0 Å². The number of nitrogens with two attached hydrogens (primary N) is 1. The maximum Gasteiger partial charge on any atom is 0.419 e. The molecule has 106 valence electrons. The van der Waals surface area contributed by atoms with Crippen molar-refractivity contribution >= 4 is 5.78 Å². The van der Waals surface area contributed by atoms with E-state index in [1.165, 1.54) is 0 Å². The van der Waals surface area contributed by atoms with Gasteiger partial charge in [-0.3, -0.25) is 4.79 Å².